The predicted molar refractivity (Wildman–Crippen MR) is 93.8 cm³/mol. The molecule has 0 aliphatic rings. The van der Waals surface area contributed by atoms with E-state index in [-0.39, 0.29) is 25.2 Å². The molecule has 25 heavy (non-hydrogen) atoms. The van der Waals surface area contributed by atoms with E-state index in [0.717, 1.165) is 16.7 Å². The van der Waals surface area contributed by atoms with Crippen LogP contribution in [0.4, 0.5) is 0 Å². The van der Waals surface area contributed by atoms with Crippen molar-refractivity contribution in [2.75, 3.05) is 0 Å². The van der Waals surface area contributed by atoms with E-state index in [0.29, 0.717) is 23.5 Å². The van der Waals surface area contributed by atoms with Crippen molar-refractivity contribution < 1.29 is 24.5 Å². The third-order valence-corrected chi connectivity index (χ3v) is 4.14. The van der Waals surface area contributed by atoms with Gasteiger partial charge in [0.1, 0.15) is 12.4 Å². The molecule has 2 aromatic rings. The third kappa shape index (κ3) is 4.90. The monoisotopic (exact) mass is 342 g/mol. The van der Waals surface area contributed by atoms with Crippen molar-refractivity contribution >= 4 is 11.8 Å². The Kier molecular flexibility index (Phi) is 6.31. The molecule has 0 bridgehead atoms. The first-order valence-corrected chi connectivity index (χ1v) is 8.09. The topological polar surface area (TPSA) is 83.8 Å². The molecule has 0 aliphatic heterocycles. The van der Waals surface area contributed by atoms with Crippen LogP contribution in [0, 0.1) is 13.8 Å². The lowest BCUT2D eigenvalue weighted by molar-refractivity contribution is -0.136. The van der Waals surface area contributed by atoms with E-state index >= 15 is 0 Å². The summed E-state index contributed by atoms with van der Waals surface area (Å²) in [5.74, 6) is -0.761. The van der Waals surface area contributed by atoms with Gasteiger partial charge >= 0.3 is 5.97 Å². The zero-order chi connectivity index (χ0) is 18.4. The van der Waals surface area contributed by atoms with Crippen LogP contribution in [0.3, 0.4) is 0 Å². The molecule has 0 heterocycles. The molecule has 0 spiro atoms. The van der Waals surface area contributed by atoms with Crippen molar-refractivity contribution in [2.45, 2.75) is 39.9 Å². The van der Waals surface area contributed by atoms with E-state index in [2.05, 4.69) is 0 Å². The number of rotatable bonds is 8. The summed E-state index contributed by atoms with van der Waals surface area (Å²) in [6, 6.07) is 10.8. The molecule has 0 saturated heterocycles. The molecule has 2 N–H and O–H groups in total. The van der Waals surface area contributed by atoms with Gasteiger partial charge in [-0.2, -0.15) is 0 Å². The predicted octanol–water partition coefficient (Wildman–Crippen LogP) is 3.42. The number of carbonyl (C=O) groups excluding carboxylic acids is 1. The number of ether oxygens (including phenoxy) is 1. The third-order valence-electron chi connectivity index (χ3n) is 4.14. The standard InChI is InChI=1S/C20H22O5/c1-13-4-3-5-14(2)17(13)12-25-19-8-6-15(10-16(19)11-21)18(22)7-9-20(23)24/h3-6,8,10,21H,7,9,11-12H2,1-2H3,(H,23,24). The minimum atomic E-state index is -1.01. The minimum absolute atomic E-state index is 0.0667. The number of hydrogen-bond acceptors (Lipinski definition) is 4. The summed E-state index contributed by atoms with van der Waals surface area (Å²) in [5.41, 5.74) is 4.24. The first-order valence-electron chi connectivity index (χ1n) is 8.09. The lowest BCUT2D eigenvalue weighted by Crippen LogP contribution is -2.06. The molecule has 5 nitrogen and oxygen atoms in total. The summed E-state index contributed by atoms with van der Waals surface area (Å²) in [7, 11) is 0. The zero-order valence-electron chi connectivity index (χ0n) is 14.4. The Morgan fingerprint density at radius 3 is 2.32 bits per heavy atom. The molecule has 0 aliphatic carbocycles. The van der Waals surface area contributed by atoms with Gasteiger partial charge in [-0.1, -0.05) is 18.2 Å². The fraction of sp³-hybridized carbons (Fsp3) is 0.300. The maximum atomic E-state index is 12.0. The SMILES string of the molecule is Cc1cccc(C)c1COc1ccc(C(=O)CCC(=O)O)cc1CO. The van der Waals surface area contributed by atoms with E-state index in [1.54, 1.807) is 18.2 Å². The fourth-order valence-corrected chi connectivity index (χ4v) is 2.61. The van der Waals surface area contributed by atoms with Gasteiger partial charge in [0.2, 0.25) is 0 Å². The highest BCUT2D eigenvalue weighted by Gasteiger charge is 2.12. The number of Topliss-reactive ketones (excluding diaryl/α,β-unsaturated/α-hetero) is 1. The molecule has 0 radical (unpaired) electrons. The lowest BCUT2D eigenvalue weighted by atomic mass is 10.0. The Balaban J connectivity index is 2.14. The number of aryl methyl sites for hydroxylation is 2. The molecular weight excluding hydrogens is 320 g/mol. The molecule has 0 atom stereocenters. The molecule has 5 heteroatoms. The molecular formula is C20H22O5. The van der Waals surface area contributed by atoms with Crippen LogP contribution in [0.25, 0.3) is 0 Å². The molecule has 2 aromatic carbocycles. The van der Waals surface area contributed by atoms with Crippen LogP contribution < -0.4 is 4.74 Å². The van der Waals surface area contributed by atoms with Crippen LogP contribution in [-0.4, -0.2) is 22.0 Å². The van der Waals surface area contributed by atoms with E-state index in [1.165, 1.54) is 0 Å². The van der Waals surface area contributed by atoms with E-state index in [9.17, 15) is 14.7 Å². The number of carboxylic acid groups (broad SMARTS) is 1. The second-order valence-electron chi connectivity index (χ2n) is 5.96. The van der Waals surface area contributed by atoms with Crippen LogP contribution in [0.2, 0.25) is 0 Å². The summed E-state index contributed by atoms with van der Waals surface area (Å²) in [4.78, 5) is 22.6. The Morgan fingerprint density at radius 2 is 1.72 bits per heavy atom. The molecule has 132 valence electrons. The lowest BCUT2D eigenvalue weighted by Gasteiger charge is -2.14. The van der Waals surface area contributed by atoms with Crippen LogP contribution in [0.15, 0.2) is 36.4 Å². The molecule has 2 rings (SSSR count). The van der Waals surface area contributed by atoms with Gasteiger partial charge in [0.05, 0.1) is 13.0 Å². The van der Waals surface area contributed by atoms with Gasteiger partial charge in [-0.05, 0) is 48.7 Å². The summed E-state index contributed by atoms with van der Waals surface area (Å²) in [6.07, 6.45) is -0.277. The minimum Gasteiger partial charge on any atom is -0.489 e. The number of hydrogen-bond donors (Lipinski definition) is 2. The van der Waals surface area contributed by atoms with Gasteiger partial charge in [0.25, 0.3) is 0 Å². The summed E-state index contributed by atoms with van der Waals surface area (Å²) < 4.78 is 5.84. The zero-order valence-corrected chi connectivity index (χ0v) is 14.4. The van der Waals surface area contributed by atoms with E-state index < -0.39 is 5.97 Å². The van der Waals surface area contributed by atoms with Crippen molar-refractivity contribution in [3.8, 4) is 5.75 Å². The Labute approximate surface area is 146 Å². The van der Waals surface area contributed by atoms with Gasteiger partial charge < -0.3 is 14.9 Å². The second kappa shape index (κ2) is 8.44. The van der Waals surface area contributed by atoms with Crippen molar-refractivity contribution in [1.29, 1.82) is 0 Å². The van der Waals surface area contributed by atoms with Crippen LogP contribution >= 0.6 is 0 Å². The second-order valence-corrected chi connectivity index (χ2v) is 5.96. The number of aliphatic hydroxyl groups excluding tert-OH is 1. The smallest absolute Gasteiger partial charge is 0.303 e. The number of ketones is 1. The molecule has 0 amide bonds. The first kappa shape index (κ1) is 18.7. The number of aliphatic hydroxyl groups is 1. The summed E-state index contributed by atoms with van der Waals surface area (Å²) in [6.45, 7) is 4.14. The van der Waals surface area contributed by atoms with Crippen molar-refractivity contribution in [2.24, 2.45) is 0 Å². The van der Waals surface area contributed by atoms with Crippen molar-refractivity contribution in [1.82, 2.24) is 0 Å². The Bertz CT molecular complexity index is 759. The Morgan fingerprint density at radius 1 is 1.04 bits per heavy atom. The molecule has 0 fully saturated rings. The van der Waals surface area contributed by atoms with Gasteiger partial charge in [0, 0.05) is 17.5 Å². The van der Waals surface area contributed by atoms with Gasteiger partial charge in [-0.15, -0.1) is 0 Å². The highest BCUT2D eigenvalue weighted by molar-refractivity contribution is 5.97. The normalized spacial score (nSPS) is 10.5. The van der Waals surface area contributed by atoms with Crippen LogP contribution in [0.5, 0.6) is 5.75 Å². The molecule has 0 aromatic heterocycles. The van der Waals surface area contributed by atoms with E-state index in [4.69, 9.17) is 9.84 Å². The van der Waals surface area contributed by atoms with Gasteiger partial charge in [-0.3, -0.25) is 9.59 Å². The quantitative estimate of drug-likeness (QED) is 0.718. The number of aliphatic carboxylic acids is 1. The van der Waals surface area contributed by atoms with Crippen molar-refractivity contribution in [3.63, 3.8) is 0 Å². The first-order chi connectivity index (χ1) is 11.9. The molecule has 0 saturated carbocycles. The van der Waals surface area contributed by atoms with Gasteiger partial charge in [-0.25, -0.2) is 0 Å². The maximum Gasteiger partial charge on any atom is 0.303 e. The highest BCUT2D eigenvalue weighted by Crippen LogP contribution is 2.24. The molecule has 0 unspecified atom stereocenters. The van der Waals surface area contributed by atoms with Crippen LogP contribution in [-0.2, 0) is 18.0 Å². The fourth-order valence-electron chi connectivity index (χ4n) is 2.61. The summed E-state index contributed by atoms with van der Waals surface area (Å²) >= 11 is 0. The van der Waals surface area contributed by atoms with Gasteiger partial charge in [0.15, 0.2) is 5.78 Å². The number of carbonyl (C=O) groups is 2. The Hall–Kier alpha value is -2.66. The average molecular weight is 342 g/mol. The largest absolute Gasteiger partial charge is 0.489 e. The average Bonchev–Trinajstić information content (AvgIpc) is 2.59. The van der Waals surface area contributed by atoms with Crippen LogP contribution in [0.1, 0.15) is 45.5 Å². The summed E-state index contributed by atoms with van der Waals surface area (Å²) in [5, 5.41) is 18.2. The van der Waals surface area contributed by atoms with Crippen molar-refractivity contribution in [3.05, 3.63) is 64.2 Å². The van der Waals surface area contributed by atoms with E-state index in [1.807, 2.05) is 32.0 Å². The number of benzene rings is 2. The maximum absolute atomic E-state index is 12.0. The highest BCUT2D eigenvalue weighted by atomic mass is 16.5. The number of carboxylic acids is 1.